The molecule has 3 amide bonds. The van der Waals surface area contributed by atoms with Gasteiger partial charge in [0.15, 0.2) is 0 Å². The van der Waals surface area contributed by atoms with E-state index in [2.05, 4.69) is 10.6 Å². The average molecular weight is 404 g/mol. The zero-order valence-corrected chi connectivity index (χ0v) is 16.0. The molecule has 3 aromatic carbocycles. The average Bonchev–Trinajstić information content (AvgIpc) is 3.16. The van der Waals surface area contributed by atoms with Gasteiger partial charge in [-0.25, -0.2) is 0 Å². The maximum absolute atomic E-state index is 12.8. The van der Waals surface area contributed by atoms with Crippen LogP contribution in [0.25, 0.3) is 32.9 Å². The van der Waals surface area contributed by atoms with Gasteiger partial charge in [0.1, 0.15) is 0 Å². The number of carbonyl (C=O) groups is 3. The Hall–Kier alpha value is -3.64. The summed E-state index contributed by atoms with van der Waals surface area (Å²) < 4.78 is 1.96. The van der Waals surface area contributed by atoms with Crippen LogP contribution in [0.4, 0.5) is 5.69 Å². The van der Waals surface area contributed by atoms with Crippen molar-refractivity contribution in [2.75, 3.05) is 5.32 Å². The zero-order valence-electron chi connectivity index (χ0n) is 15.2. The fourth-order valence-electron chi connectivity index (χ4n) is 4.11. The molecule has 1 aromatic heterocycles. The summed E-state index contributed by atoms with van der Waals surface area (Å²) in [6.07, 6.45) is 0.600. The van der Waals surface area contributed by atoms with Crippen LogP contribution in [0.3, 0.4) is 0 Å². The maximum Gasteiger partial charge on any atom is 0.259 e. The summed E-state index contributed by atoms with van der Waals surface area (Å²) >= 11 is 6.41. The van der Waals surface area contributed by atoms with E-state index < -0.39 is 11.8 Å². The number of nitrogens with zero attached hydrogens (tertiary/aromatic N) is 1. The molecule has 1 aliphatic heterocycles. The lowest BCUT2D eigenvalue weighted by atomic mass is 9.93. The molecule has 0 aliphatic carbocycles. The summed E-state index contributed by atoms with van der Waals surface area (Å²) in [5.41, 5.74) is 4.22. The molecule has 2 N–H and O–H groups in total. The smallest absolute Gasteiger partial charge is 0.259 e. The molecule has 29 heavy (non-hydrogen) atoms. The van der Waals surface area contributed by atoms with Gasteiger partial charge in [-0.3, -0.25) is 19.7 Å². The van der Waals surface area contributed by atoms with E-state index in [1.54, 1.807) is 18.2 Å². The molecule has 6 nitrogen and oxygen atoms in total. The van der Waals surface area contributed by atoms with Crippen LogP contribution in [0, 0.1) is 0 Å². The third-order valence-electron chi connectivity index (χ3n) is 5.37. The van der Waals surface area contributed by atoms with Gasteiger partial charge in [0, 0.05) is 39.6 Å². The molecule has 0 radical (unpaired) electrons. The lowest BCUT2D eigenvalue weighted by Gasteiger charge is -2.10. The van der Waals surface area contributed by atoms with Crippen molar-refractivity contribution >= 4 is 57.3 Å². The Bertz CT molecular complexity index is 1390. The largest absolute Gasteiger partial charge is 0.344 e. The summed E-state index contributed by atoms with van der Waals surface area (Å²) in [5, 5.41) is 7.00. The third-order valence-corrected chi connectivity index (χ3v) is 5.70. The van der Waals surface area contributed by atoms with Crippen molar-refractivity contribution in [1.29, 1.82) is 0 Å². The van der Waals surface area contributed by atoms with Gasteiger partial charge in [0.2, 0.25) is 6.41 Å². The summed E-state index contributed by atoms with van der Waals surface area (Å²) in [6.45, 7) is 0. The first-order valence-electron chi connectivity index (χ1n) is 8.91. The van der Waals surface area contributed by atoms with Crippen LogP contribution < -0.4 is 10.6 Å². The second kappa shape index (κ2) is 6.18. The van der Waals surface area contributed by atoms with Gasteiger partial charge < -0.3 is 9.88 Å². The van der Waals surface area contributed by atoms with Crippen molar-refractivity contribution in [1.82, 2.24) is 9.88 Å². The minimum Gasteiger partial charge on any atom is -0.344 e. The fraction of sp³-hybridized carbons (Fsp3) is 0.0455. The summed E-state index contributed by atoms with van der Waals surface area (Å²) in [4.78, 5) is 36.3. The Kier molecular flexibility index (Phi) is 3.72. The molecule has 0 unspecified atom stereocenters. The SMILES string of the molecule is Cn1c2ccc(NC=O)cc2c2c3c(c(-c4ccccc4Cl)cc21)C(=O)NC3=O. The van der Waals surface area contributed by atoms with Crippen molar-refractivity contribution in [2.45, 2.75) is 0 Å². The normalized spacial score (nSPS) is 13.0. The third kappa shape index (κ3) is 2.39. The number of rotatable bonds is 3. The first kappa shape index (κ1) is 17.5. The lowest BCUT2D eigenvalue weighted by Crippen LogP contribution is -2.20. The number of imide groups is 1. The van der Waals surface area contributed by atoms with Crippen LogP contribution in [0.5, 0.6) is 0 Å². The van der Waals surface area contributed by atoms with E-state index in [1.807, 2.05) is 41.9 Å². The van der Waals surface area contributed by atoms with Crippen LogP contribution in [-0.4, -0.2) is 22.8 Å². The molecule has 0 spiro atoms. The van der Waals surface area contributed by atoms with Gasteiger partial charge in [-0.1, -0.05) is 29.8 Å². The number of hydrogen-bond acceptors (Lipinski definition) is 3. The first-order chi connectivity index (χ1) is 14.0. The number of benzene rings is 3. The highest BCUT2D eigenvalue weighted by Gasteiger charge is 2.34. The van der Waals surface area contributed by atoms with Crippen molar-refractivity contribution in [3.8, 4) is 11.1 Å². The van der Waals surface area contributed by atoms with E-state index >= 15 is 0 Å². The van der Waals surface area contributed by atoms with Gasteiger partial charge in [-0.05, 0) is 35.9 Å². The highest BCUT2D eigenvalue weighted by Crippen LogP contribution is 2.42. The van der Waals surface area contributed by atoms with Crippen LogP contribution in [-0.2, 0) is 11.8 Å². The second-order valence-corrected chi connectivity index (χ2v) is 7.29. The van der Waals surface area contributed by atoms with E-state index in [-0.39, 0.29) is 0 Å². The maximum atomic E-state index is 12.8. The number of aromatic nitrogens is 1. The molecule has 0 saturated heterocycles. The monoisotopic (exact) mass is 403 g/mol. The summed E-state index contributed by atoms with van der Waals surface area (Å²) in [7, 11) is 1.90. The molecule has 4 aromatic rings. The number of halogens is 1. The van der Waals surface area contributed by atoms with E-state index in [4.69, 9.17) is 11.6 Å². The molecule has 1 aliphatic rings. The summed E-state index contributed by atoms with van der Waals surface area (Å²) in [6, 6.07) is 14.6. The number of hydrogen-bond donors (Lipinski definition) is 2. The van der Waals surface area contributed by atoms with Gasteiger partial charge in [0.05, 0.1) is 16.6 Å². The topological polar surface area (TPSA) is 80.2 Å². The number of fused-ring (bicyclic) bond motifs is 5. The molecular formula is C22H14ClN3O3. The Labute approximate surface area is 170 Å². The molecule has 0 saturated carbocycles. The zero-order chi connectivity index (χ0) is 20.3. The standard InChI is InChI=1S/C22H14ClN3O3/c1-26-16-7-6-11(24-10-27)8-14(16)18-17(26)9-13(12-4-2-3-5-15(12)23)19-20(18)22(29)25-21(19)28/h2-10H,1H3,(H,24,27)(H,25,28,29). The first-order valence-corrected chi connectivity index (χ1v) is 9.29. The molecule has 2 heterocycles. The lowest BCUT2D eigenvalue weighted by molar-refractivity contribution is -0.105. The quantitative estimate of drug-likeness (QED) is 0.399. The Morgan fingerprint density at radius 3 is 2.48 bits per heavy atom. The highest BCUT2D eigenvalue weighted by molar-refractivity contribution is 6.36. The van der Waals surface area contributed by atoms with Crippen LogP contribution in [0.2, 0.25) is 5.02 Å². The van der Waals surface area contributed by atoms with Crippen molar-refractivity contribution in [3.05, 3.63) is 64.7 Å². The van der Waals surface area contributed by atoms with Gasteiger partial charge in [0.25, 0.3) is 11.8 Å². The van der Waals surface area contributed by atoms with E-state index in [9.17, 15) is 14.4 Å². The molecule has 5 rings (SSSR count). The second-order valence-electron chi connectivity index (χ2n) is 6.88. The van der Waals surface area contributed by atoms with E-state index in [1.165, 1.54) is 0 Å². The summed E-state index contributed by atoms with van der Waals surface area (Å²) in [5.74, 6) is -0.883. The highest BCUT2D eigenvalue weighted by atomic mass is 35.5. The Morgan fingerprint density at radius 1 is 0.966 bits per heavy atom. The molecular weight excluding hydrogens is 390 g/mol. The predicted octanol–water partition coefficient (Wildman–Crippen LogP) is 4.10. The number of amides is 3. The molecule has 0 atom stereocenters. The van der Waals surface area contributed by atoms with Crippen LogP contribution >= 0.6 is 11.6 Å². The van der Waals surface area contributed by atoms with Gasteiger partial charge in [-0.15, -0.1) is 0 Å². The van der Waals surface area contributed by atoms with Gasteiger partial charge >= 0.3 is 0 Å². The molecule has 0 fully saturated rings. The minimum atomic E-state index is -0.444. The number of anilines is 1. The predicted molar refractivity (Wildman–Crippen MR) is 112 cm³/mol. The minimum absolute atomic E-state index is 0.317. The number of carbonyl (C=O) groups excluding carboxylic acids is 3. The van der Waals surface area contributed by atoms with Crippen molar-refractivity contribution in [3.63, 3.8) is 0 Å². The van der Waals surface area contributed by atoms with Crippen molar-refractivity contribution in [2.24, 2.45) is 7.05 Å². The number of nitrogens with one attached hydrogen (secondary N) is 2. The van der Waals surface area contributed by atoms with Crippen molar-refractivity contribution < 1.29 is 14.4 Å². The Morgan fingerprint density at radius 2 is 1.72 bits per heavy atom. The molecule has 7 heteroatoms. The molecule has 0 bridgehead atoms. The number of aryl methyl sites for hydroxylation is 1. The van der Waals surface area contributed by atoms with Crippen LogP contribution in [0.1, 0.15) is 20.7 Å². The van der Waals surface area contributed by atoms with E-state index in [0.29, 0.717) is 44.8 Å². The van der Waals surface area contributed by atoms with Crippen LogP contribution in [0.15, 0.2) is 48.5 Å². The fourth-order valence-corrected chi connectivity index (χ4v) is 4.34. The Balaban J connectivity index is 1.98. The van der Waals surface area contributed by atoms with E-state index in [0.717, 1.165) is 16.4 Å². The van der Waals surface area contributed by atoms with Gasteiger partial charge in [-0.2, -0.15) is 0 Å². The molecule has 142 valence electrons.